The molecular weight excluding hydrogens is 465 g/mol. The highest BCUT2D eigenvalue weighted by Crippen LogP contribution is 2.35. The smallest absolute Gasteiger partial charge is 0.266 e. The van der Waals surface area contributed by atoms with Crippen molar-refractivity contribution in [2.24, 2.45) is 5.73 Å². The molecule has 188 valence electrons. The van der Waals surface area contributed by atoms with Crippen molar-refractivity contribution < 1.29 is 28.2 Å². The summed E-state index contributed by atoms with van der Waals surface area (Å²) in [5.41, 5.74) is 9.36. The van der Waals surface area contributed by atoms with Crippen molar-refractivity contribution in [2.75, 3.05) is 24.1 Å². The number of hydrogen-bond donors (Lipinski definition) is 4. The fraction of sp³-hybridized carbons (Fsp3) is 0.348. The highest BCUT2D eigenvalue weighted by Gasteiger charge is 2.35. The third-order valence-electron chi connectivity index (χ3n) is 6.05. The molecule has 1 fully saturated rings. The molecule has 1 aromatic heterocycles. The molecule has 0 radical (unpaired) electrons. The second kappa shape index (κ2) is 10.2. The van der Waals surface area contributed by atoms with E-state index in [-0.39, 0.29) is 60.2 Å². The van der Waals surface area contributed by atoms with Crippen molar-refractivity contribution in [3.8, 4) is 5.88 Å². The molecule has 6 N–H and O–H groups in total. The summed E-state index contributed by atoms with van der Waals surface area (Å²) in [6, 6.07) is 2.51. The Kier molecular flexibility index (Phi) is 7.54. The molecule has 1 aliphatic rings. The largest absolute Gasteiger partial charge is 0.856 e. The number of amides is 1. The Morgan fingerprint density at radius 2 is 1.94 bits per heavy atom. The lowest BCUT2D eigenvalue weighted by Gasteiger charge is -2.38. The molecule has 0 aliphatic carbocycles. The van der Waals surface area contributed by atoms with Crippen molar-refractivity contribution in [1.82, 2.24) is 15.1 Å². The number of halogens is 3. The van der Waals surface area contributed by atoms with Crippen LogP contribution in [0.1, 0.15) is 48.9 Å². The second-order valence-corrected chi connectivity index (χ2v) is 8.23. The molecule has 2 heterocycles. The summed E-state index contributed by atoms with van der Waals surface area (Å²) in [5.74, 6) is -2.20. The average Bonchev–Trinajstić information content (AvgIpc) is 2.82. The number of carbonyl (C=O) groups excluding carboxylic acids is 1. The van der Waals surface area contributed by atoms with Crippen LogP contribution in [0.25, 0.3) is 6.08 Å². The van der Waals surface area contributed by atoms with E-state index in [1.807, 2.05) is 0 Å². The number of likely N-dealkylation sites (tertiary alicyclic amines) is 1. The van der Waals surface area contributed by atoms with Gasteiger partial charge in [0.1, 0.15) is 11.4 Å². The van der Waals surface area contributed by atoms with Crippen LogP contribution in [0, 0.1) is 5.82 Å². The Hall–Kier alpha value is -3.80. The molecule has 1 aliphatic heterocycles. The maximum Gasteiger partial charge on any atom is 0.266 e. The Morgan fingerprint density at radius 3 is 2.51 bits per heavy atom. The normalized spacial score (nSPS) is 16.7. The first kappa shape index (κ1) is 25.8. The zero-order chi connectivity index (χ0) is 25.9. The first-order valence-electron chi connectivity index (χ1n) is 10.7. The van der Waals surface area contributed by atoms with Crippen LogP contribution >= 0.6 is 0 Å². The average molecular weight is 491 g/mol. The topological polar surface area (TPSA) is 153 Å². The number of nitrogen functional groups attached to an aromatic ring is 1. The van der Waals surface area contributed by atoms with Crippen LogP contribution in [-0.4, -0.2) is 44.8 Å². The molecule has 1 amide bonds. The summed E-state index contributed by atoms with van der Waals surface area (Å²) in [6.07, 6.45) is -0.186. The van der Waals surface area contributed by atoms with Gasteiger partial charge in [-0.25, -0.2) is 13.2 Å². The Labute approximate surface area is 199 Å². The van der Waals surface area contributed by atoms with Gasteiger partial charge in [-0.2, -0.15) is 5.10 Å². The van der Waals surface area contributed by atoms with E-state index in [0.717, 1.165) is 6.07 Å². The SMILES string of the molecule is C=C[C@@H](Nc1nnc([O-])c(N)c1/C=C(\N)C1(O)CCN(C(C)=O)CC1)c1cccc(C(F)F)c1F. The summed E-state index contributed by atoms with van der Waals surface area (Å²) in [6.45, 7) is 5.60. The monoisotopic (exact) mass is 491 g/mol. The Bertz CT molecular complexity index is 1150. The predicted octanol–water partition coefficient (Wildman–Crippen LogP) is 2.22. The molecule has 0 unspecified atom stereocenters. The van der Waals surface area contributed by atoms with Gasteiger partial charge in [-0.15, -0.1) is 11.7 Å². The minimum Gasteiger partial charge on any atom is -0.856 e. The number of aliphatic hydroxyl groups is 1. The second-order valence-electron chi connectivity index (χ2n) is 8.23. The zero-order valence-electron chi connectivity index (χ0n) is 19.0. The number of carbonyl (C=O) groups is 1. The molecule has 1 saturated heterocycles. The van der Waals surface area contributed by atoms with Crippen LogP contribution in [-0.2, 0) is 4.79 Å². The number of rotatable bonds is 7. The van der Waals surface area contributed by atoms with Crippen LogP contribution in [0.3, 0.4) is 0 Å². The van der Waals surface area contributed by atoms with Crippen LogP contribution in [0.4, 0.5) is 24.7 Å². The molecule has 1 aromatic carbocycles. The quantitative estimate of drug-likeness (QED) is 0.430. The van der Waals surface area contributed by atoms with Gasteiger partial charge in [-0.1, -0.05) is 24.3 Å². The minimum atomic E-state index is -3.02. The van der Waals surface area contributed by atoms with E-state index in [2.05, 4.69) is 22.1 Å². The highest BCUT2D eigenvalue weighted by molar-refractivity contribution is 5.78. The van der Waals surface area contributed by atoms with E-state index >= 15 is 0 Å². The first-order chi connectivity index (χ1) is 16.5. The molecule has 3 rings (SSSR count). The third-order valence-corrected chi connectivity index (χ3v) is 6.05. The number of alkyl halides is 2. The van der Waals surface area contributed by atoms with Gasteiger partial charge in [0, 0.05) is 42.7 Å². The van der Waals surface area contributed by atoms with Gasteiger partial charge in [0.15, 0.2) is 5.82 Å². The van der Waals surface area contributed by atoms with E-state index in [1.54, 1.807) is 4.90 Å². The Balaban J connectivity index is 1.97. The first-order valence-corrected chi connectivity index (χ1v) is 10.7. The number of piperidine rings is 1. The lowest BCUT2D eigenvalue weighted by atomic mass is 9.87. The van der Waals surface area contributed by atoms with Crippen molar-refractivity contribution >= 4 is 23.5 Å². The van der Waals surface area contributed by atoms with E-state index in [1.165, 1.54) is 31.2 Å². The van der Waals surface area contributed by atoms with E-state index in [0.29, 0.717) is 0 Å². The van der Waals surface area contributed by atoms with Gasteiger partial charge in [0.05, 0.1) is 17.3 Å². The summed E-state index contributed by atoms with van der Waals surface area (Å²) in [5, 5.41) is 33.1. The summed E-state index contributed by atoms with van der Waals surface area (Å²) < 4.78 is 41.1. The molecule has 1 atom stereocenters. The van der Waals surface area contributed by atoms with Crippen LogP contribution in [0.15, 0.2) is 36.6 Å². The Morgan fingerprint density at radius 1 is 1.31 bits per heavy atom. The van der Waals surface area contributed by atoms with Gasteiger partial charge in [-0.3, -0.25) is 4.79 Å². The number of aromatic nitrogens is 2. The van der Waals surface area contributed by atoms with Gasteiger partial charge in [-0.05, 0) is 18.9 Å². The maximum atomic E-state index is 14.7. The van der Waals surface area contributed by atoms with Crippen molar-refractivity contribution in [2.45, 2.75) is 37.8 Å². The highest BCUT2D eigenvalue weighted by atomic mass is 19.3. The number of hydrogen-bond acceptors (Lipinski definition) is 8. The predicted molar refractivity (Wildman–Crippen MR) is 122 cm³/mol. The number of nitrogens with one attached hydrogen (secondary N) is 1. The molecule has 0 bridgehead atoms. The number of anilines is 2. The lowest BCUT2D eigenvalue weighted by molar-refractivity contribution is -0.274. The fourth-order valence-electron chi connectivity index (χ4n) is 3.86. The summed E-state index contributed by atoms with van der Waals surface area (Å²) in [7, 11) is 0. The molecule has 35 heavy (non-hydrogen) atoms. The fourth-order valence-corrected chi connectivity index (χ4v) is 3.86. The van der Waals surface area contributed by atoms with E-state index in [9.17, 15) is 28.2 Å². The molecule has 12 heteroatoms. The molecule has 0 spiro atoms. The summed E-state index contributed by atoms with van der Waals surface area (Å²) in [4.78, 5) is 13.1. The molecule has 2 aromatic rings. The minimum absolute atomic E-state index is 0.0119. The van der Waals surface area contributed by atoms with Crippen LogP contribution in [0.2, 0.25) is 0 Å². The molecule has 9 nitrogen and oxygen atoms in total. The standard InChI is InChI=1S/C23H27F3N6O3/c1-3-16(13-5-4-6-14(18(13)24)20(25)26)29-21-15(19(28)22(34)31-30-21)11-17(27)23(35)7-9-32(10-8-23)12(2)33/h3-6,11,16,20,35H,1,7-10,27H2,2H3,(H,31,34)(H3,28,29,30)/p-1/b17-11-/t16-/m1/s1. The van der Waals surface area contributed by atoms with Crippen molar-refractivity contribution in [1.29, 1.82) is 0 Å². The summed E-state index contributed by atoms with van der Waals surface area (Å²) >= 11 is 0. The van der Waals surface area contributed by atoms with E-state index in [4.69, 9.17) is 11.5 Å². The van der Waals surface area contributed by atoms with Crippen LogP contribution < -0.4 is 21.9 Å². The molecule has 0 saturated carbocycles. The van der Waals surface area contributed by atoms with Gasteiger partial charge >= 0.3 is 0 Å². The maximum absolute atomic E-state index is 14.7. The van der Waals surface area contributed by atoms with Gasteiger partial charge in [0.2, 0.25) is 5.91 Å². The van der Waals surface area contributed by atoms with Gasteiger partial charge < -0.3 is 31.9 Å². The zero-order valence-corrected chi connectivity index (χ0v) is 19.0. The van der Waals surface area contributed by atoms with Crippen molar-refractivity contribution in [3.05, 3.63) is 59.1 Å². The number of nitrogens with two attached hydrogens (primary N) is 2. The third kappa shape index (κ3) is 5.32. The van der Waals surface area contributed by atoms with Gasteiger partial charge in [0.25, 0.3) is 6.43 Å². The van der Waals surface area contributed by atoms with Crippen molar-refractivity contribution in [3.63, 3.8) is 0 Å². The van der Waals surface area contributed by atoms with Crippen LogP contribution in [0.5, 0.6) is 5.88 Å². The van der Waals surface area contributed by atoms with E-state index < -0.39 is 35.3 Å². The number of nitrogens with zero attached hydrogens (tertiary/aromatic N) is 3. The molecular formula is C23H26F3N6O3-. The lowest BCUT2D eigenvalue weighted by Crippen LogP contribution is -2.48. The number of benzene rings is 1.